The van der Waals surface area contributed by atoms with Crippen LogP contribution in [-0.4, -0.2) is 36.2 Å². The fourth-order valence-electron chi connectivity index (χ4n) is 2.70. The second-order valence-electron chi connectivity index (χ2n) is 5.79. The molecule has 0 spiro atoms. The van der Waals surface area contributed by atoms with E-state index in [1.165, 1.54) is 38.1 Å². The van der Waals surface area contributed by atoms with Crippen LogP contribution < -0.4 is 10.6 Å². The average Bonchev–Trinajstić information content (AvgIpc) is 2.46. The molecule has 0 aliphatic carbocycles. The largest absolute Gasteiger partial charge is 0.362 e. The van der Waals surface area contributed by atoms with E-state index in [1.807, 2.05) is 0 Å². The highest BCUT2D eigenvalue weighted by atomic mass is 32.1. The maximum Gasteiger partial charge on any atom is 0.170 e. The Morgan fingerprint density at radius 3 is 2.86 bits per heavy atom. The summed E-state index contributed by atoms with van der Waals surface area (Å²) in [4.78, 5) is 2.53. The summed E-state index contributed by atoms with van der Waals surface area (Å²) in [6.45, 7) is 6.75. The SMILES string of the molecule is C[C@H]1CCCN(CCCNC(=S)Nc2ccc(F)cc2)C1. The molecule has 0 saturated carbocycles. The van der Waals surface area contributed by atoms with Crippen molar-refractivity contribution in [3.8, 4) is 0 Å². The number of anilines is 1. The third kappa shape index (κ3) is 5.98. The quantitative estimate of drug-likeness (QED) is 0.645. The topological polar surface area (TPSA) is 27.3 Å². The molecule has 116 valence electrons. The summed E-state index contributed by atoms with van der Waals surface area (Å²) < 4.78 is 12.8. The fraction of sp³-hybridized carbons (Fsp3) is 0.562. The van der Waals surface area contributed by atoms with E-state index in [4.69, 9.17) is 12.2 Å². The van der Waals surface area contributed by atoms with Crippen molar-refractivity contribution in [1.82, 2.24) is 10.2 Å². The van der Waals surface area contributed by atoms with E-state index >= 15 is 0 Å². The van der Waals surface area contributed by atoms with Crippen LogP contribution in [0.4, 0.5) is 10.1 Å². The Kier molecular flexibility index (Phi) is 6.39. The molecule has 1 aliphatic rings. The summed E-state index contributed by atoms with van der Waals surface area (Å²) in [6.07, 6.45) is 3.76. The molecule has 0 amide bonds. The molecule has 21 heavy (non-hydrogen) atoms. The van der Waals surface area contributed by atoms with E-state index in [0.29, 0.717) is 5.11 Å². The number of rotatable bonds is 5. The molecule has 1 aliphatic heterocycles. The lowest BCUT2D eigenvalue weighted by atomic mass is 10.0. The monoisotopic (exact) mass is 309 g/mol. The van der Waals surface area contributed by atoms with Gasteiger partial charge in [0.05, 0.1) is 0 Å². The van der Waals surface area contributed by atoms with Gasteiger partial charge in [0.1, 0.15) is 5.82 Å². The van der Waals surface area contributed by atoms with Gasteiger partial charge in [-0.2, -0.15) is 0 Å². The molecule has 0 aromatic heterocycles. The lowest BCUT2D eigenvalue weighted by Crippen LogP contribution is -2.37. The van der Waals surface area contributed by atoms with Crippen LogP contribution in [0.2, 0.25) is 0 Å². The lowest BCUT2D eigenvalue weighted by molar-refractivity contribution is 0.182. The molecular formula is C16H24FN3S. The molecule has 2 rings (SSSR count). The van der Waals surface area contributed by atoms with E-state index in [9.17, 15) is 4.39 Å². The third-order valence-electron chi connectivity index (χ3n) is 3.78. The number of piperidine rings is 1. The molecule has 1 aromatic carbocycles. The van der Waals surface area contributed by atoms with Gasteiger partial charge in [-0.25, -0.2) is 4.39 Å². The van der Waals surface area contributed by atoms with Crippen molar-refractivity contribution < 1.29 is 4.39 Å². The highest BCUT2D eigenvalue weighted by Crippen LogP contribution is 2.15. The van der Waals surface area contributed by atoms with Gasteiger partial charge >= 0.3 is 0 Å². The second-order valence-corrected chi connectivity index (χ2v) is 6.20. The Bertz CT molecular complexity index is 449. The Balaban J connectivity index is 1.59. The number of nitrogens with one attached hydrogen (secondary N) is 2. The molecule has 0 bridgehead atoms. The zero-order valence-electron chi connectivity index (χ0n) is 12.6. The molecule has 5 heteroatoms. The zero-order valence-corrected chi connectivity index (χ0v) is 13.4. The van der Waals surface area contributed by atoms with E-state index in [2.05, 4.69) is 22.5 Å². The van der Waals surface area contributed by atoms with Crippen LogP contribution in [0.5, 0.6) is 0 Å². The van der Waals surface area contributed by atoms with E-state index in [-0.39, 0.29) is 5.82 Å². The van der Waals surface area contributed by atoms with Gasteiger partial charge in [0.25, 0.3) is 0 Å². The Morgan fingerprint density at radius 2 is 2.14 bits per heavy atom. The number of hydrogen-bond acceptors (Lipinski definition) is 2. The van der Waals surface area contributed by atoms with Crippen molar-refractivity contribution in [3.63, 3.8) is 0 Å². The standard InChI is InChI=1S/C16H24FN3S/c1-13-4-2-10-20(12-13)11-3-9-18-16(21)19-15-7-5-14(17)6-8-15/h5-8,13H,2-4,9-12H2,1H3,(H2,18,19,21)/t13-/m0/s1. The normalized spacial score (nSPS) is 19.2. The maximum absolute atomic E-state index is 12.8. The summed E-state index contributed by atoms with van der Waals surface area (Å²) in [7, 11) is 0. The molecule has 1 fully saturated rings. The number of thiocarbonyl (C=S) groups is 1. The summed E-state index contributed by atoms with van der Waals surface area (Å²) in [5, 5.41) is 6.84. The van der Waals surface area contributed by atoms with Crippen LogP contribution in [-0.2, 0) is 0 Å². The van der Waals surface area contributed by atoms with Gasteiger partial charge < -0.3 is 15.5 Å². The molecule has 1 heterocycles. The Hall–Kier alpha value is -1.20. The Morgan fingerprint density at radius 1 is 1.38 bits per heavy atom. The van der Waals surface area contributed by atoms with Crippen LogP contribution >= 0.6 is 12.2 Å². The first-order chi connectivity index (χ1) is 10.1. The van der Waals surface area contributed by atoms with Crippen molar-refractivity contribution in [2.24, 2.45) is 5.92 Å². The van der Waals surface area contributed by atoms with Gasteiger partial charge in [-0.3, -0.25) is 0 Å². The zero-order chi connectivity index (χ0) is 15.1. The van der Waals surface area contributed by atoms with Gasteiger partial charge in [-0.1, -0.05) is 6.92 Å². The van der Waals surface area contributed by atoms with Crippen molar-refractivity contribution in [3.05, 3.63) is 30.1 Å². The number of hydrogen-bond donors (Lipinski definition) is 2. The van der Waals surface area contributed by atoms with Crippen LogP contribution in [0.15, 0.2) is 24.3 Å². The van der Waals surface area contributed by atoms with Gasteiger partial charge in [-0.15, -0.1) is 0 Å². The molecular weight excluding hydrogens is 285 g/mol. The van der Waals surface area contributed by atoms with Crippen LogP contribution in [0.1, 0.15) is 26.2 Å². The molecule has 1 aromatic rings. The number of halogens is 1. The minimum atomic E-state index is -0.241. The van der Waals surface area contributed by atoms with Crippen LogP contribution in [0, 0.1) is 11.7 Å². The predicted octanol–water partition coefficient (Wildman–Crippen LogP) is 3.23. The number of nitrogens with zero attached hydrogens (tertiary/aromatic N) is 1. The van der Waals surface area contributed by atoms with Crippen molar-refractivity contribution >= 4 is 23.0 Å². The predicted molar refractivity (Wildman–Crippen MR) is 90.1 cm³/mol. The summed E-state index contributed by atoms with van der Waals surface area (Å²) in [5.74, 6) is 0.586. The smallest absolute Gasteiger partial charge is 0.170 e. The molecule has 1 atom stereocenters. The first-order valence-corrected chi connectivity index (χ1v) is 8.07. The van der Waals surface area contributed by atoms with E-state index in [1.54, 1.807) is 12.1 Å². The summed E-state index contributed by atoms with van der Waals surface area (Å²) in [5.41, 5.74) is 0.804. The van der Waals surface area contributed by atoms with Crippen molar-refractivity contribution in [2.75, 3.05) is 31.5 Å². The molecule has 2 N–H and O–H groups in total. The van der Waals surface area contributed by atoms with Crippen LogP contribution in [0.3, 0.4) is 0 Å². The number of likely N-dealkylation sites (tertiary alicyclic amines) is 1. The Labute approximate surface area is 131 Å². The van der Waals surface area contributed by atoms with Gasteiger partial charge in [0, 0.05) is 18.8 Å². The highest BCUT2D eigenvalue weighted by molar-refractivity contribution is 7.80. The minimum absolute atomic E-state index is 0.241. The first kappa shape index (κ1) is 16.2. The van der Waals surface area contributed by atoms with Crippen molar-refractivity contribution in [1.29, 1.82) is 0 Å². The maximum atomic E-state index is 12.8. The summed E-state index contributed by atoms with van der Waals surface area (Å²) >= 11 is 5.23. The van der Waals surface area contributed by atoms with Gasteiger partial charge in [0.2, 0.25) is 0 Å². The van der Waals surface area contributed by atoms with E-state index in [0.717, 1.165) is 31.1 Å². The summed E-state index contributed by atoms with van der Waals surface area (Å²) in [6, 6.07) is 6.20. The highest BCUT2D eigenvalue weighted by Gasteiger charge is 2.15. The lowest BCUT2D eigenvalue weighted by Gasteiger charge is -2.30. The third-order valence-corrected chi connectivity index (χ3v) is 4.03. The minimum Gasteiger partial charge on any atom is -0.362 e. The van der Waals surface area contributed by atoms with Crippen LogP contribution in [0.25, 0.3) is 0 Å². The number of benzene rings is 1. The molecule has 0 radical (unpaired) electrons. The van der Waals surface area contributed by atoms with Gasteiger partial charge in [0.15, 0.2) is 5.11 Å². The molecule has 3 nitrogen and oxygen atoms in total. The molecule has 1 saturated heterocycles. The molecule has 0 unspecified atom stereocenters. The van der Waals surface area contributed by atoms with Crippen molar-refractivity contribution in [2.45, 2.75) is 26.2 Å². The first-order valence-electron chi connectivity index (χ1n) is 7.66. The second kappa shape index (κ2) is 8.29. The van der Waals surface area contributed by atoms with E-state index < -0.39 is 0 Å². The average molecular weight is 309 g/mol. The van der Waals surface area contributed by atoms with Gasteiger partial charge in [-0.05, 0) is 74.8 Å². The fourth-order valence-corrected chi connectivity index (χ4v) is 2.92.